The van der Waals surface area contributed by atoms with Crippen LogP contribution in [0.5, 0.6) is 0 Å². The molecular formula is C28H37N5O19S3. The highest BCUT2D eigenvalue weighted by atomic mass is 32.3. The Morgan fingerprint density at radius 3 is 2.56 bits per heavy atom. The predicted molar refractivity (Wildman–Crippen MR) is 181 cm³/mol. The Labute approximate surface area is 318 Å². The molecule has 11 atom stereocenters. The van der Waals surface area contributed by atoms with Crippen molar-refractivity contribution < 1.29 is 90.8 Å². The number of amides is 2. The number of carboxylic acids is 1. The predicted octanol–water partition coefficient (Wildman–Crippen LogP) is -4.66. The van der Waals surface area contributed by atoms with E-state index in [1.807, 2.05) is 0 Å². The number of rotatable bonds is 16. The third kappa shape index (κ3) is 9.52. The fourth-order valence-corrected chi connectivity index (χ4v) is 8.51. The number of thioether (sulfide) groups is 1. The van der Waals surface area contributed by atoms with E-state index in [0.29, 0.717) is 0 Å². The fraction of sp³-hybridized carbons (Fsp3) is 0.643. The van der Waals surface area contributed by atoms with Crippen molar-refractivity contribution in [2.24, 2.45) is 5.16 Å². The van der Waals surface area contributed by atoms with Crippen molar-refractivity contribution in [3.05, 3.63) is 22.3 Å². The molecule has 27 heteroatoms. The van der Waals surface area contributed by atoms with Crippen LogP contribution in [-0.4, -0.2) is 189 Å². The van der Waals surface area contributed by atoms with Gasteiger partial charge in [0, 0.05) is 30.2 Å². The monoisotopic (exact) mass is 843 g/mol. The molecule has 55 heavy (non-hydrogen) atoms. The summed E-state index contributed by atoms with van der Waals surface area (Å²) in [5, 5.41) is 71.7. The molecule has 9 unspecified atom stereocenters. The second kappa shape index (κ2) is 17.7. The van der Waals surface area contributed by atoms with E-state index in [1.165, 1.54) is 12.5 Å². The molecule has 0 saturated carbocycles. The smallest absolute Gasteiger partial charge is 0.397 e. The number of anilines is 1. The lowest BCUT2D eigenvalue weighted by Gasteiger charge is -2.49. The second-order valence-corrected chi connectivity index (χ2v) is 15.2. The van der Waals surface area contributed by atoms with Gasteiger partial charge in [-0.25, -0.2) is 14.0 Å². The molecule has 24 nitrogen and oxygen atoms in total. The number of ether oxygens (including phenoxy) is 4. The van der Waals surface area contributed by atoms with E-state index in [4.69, 9.17) is 28.3 Å². The Bertz CT molecular complexity index is 1790. The number of carbonyl (C=O) groups excluding carboxylic acids is 3. The minimum atomic E-state index is -5.13. The number of nitrogens with one attached hydrogen (secondary N) is 2. The molecular weight excluding hydrogens is 807 g/mol. The number of esters is 1. The number of fused-ring (bicyclic) bond motifs is 1. The van der Waals surface area contributed by atoms with Gasteiger partial charge in [0.2, 0.25) is 0 Å². The van der Waals surface area contributed by atoms with Gasteiger partial charge in [0.05, 0.1) is 13.2 Å². The Balaban J connectivity index is 1.19. The highest BCUT2D eigenvalue weighted by molar-refractivity contribution is 8.00. The average molecular weight is 844 g/mol. The Hall–Kier alpha value is -3.58. The largest absolute Gasteiger partial charge is 0.477 e. The van der Waals surface area contributed by atoms with E-state index < -0.39 is 107 Å². The number of hydrogen-bond acceptors (Lipinski definition) is 22. The maximum atomic E-state index is 13.3. The molecule has 4 aliphatic heterocycles. The zero-order valence-corrected chi connectivity index (χ0v) is 31.0. The molecule has 3 fully saturated rings. The standard InChI is InChI=1S/C28H37N5O19S3/c1-9(35)48-5-10-7-53-25-16(24(41)33(25)17(10)26(42)43)31-23(40)15(32-47-2)11-8-54-28(30-11)29-3-12(36)20-21(13(37)6-49-20)51-27-19(39)18(38)22(14(4-34)50-27)52-55(44,45)46/h8,12-14,16,18-22,25,27,34,36-39H,3-7H2,1-2H3,(H,29,30)(H,31,40)(H,42,43)(H,44,45,46)/b32-15-/t12?,13?,14?,16-,18?,19?,20?,21?,22?,25-,27?/m1/s1. The van der Waals surface area contributed by atoms with Crippen LogP contribution in [-0.2, 0) is 57.5 Å². The Morgan fingerprint density at radius 1 is 1.20 bits per heavy atom. The van der Waals surface area contributed by atoms with E-state index in [9.17, 15) is 58.2 Å². The third-order valence-electron chi connectivity index (χ3n) is 8.48. The maximum absolute atomic E-state index is 13.3. The average Bonchev–Trinajstić information content (AvgIpc) is 3.75. The first kappa shape index (κ1) is 42.6. The van der Waals surface area contributed by atoms with Gasteiger partial charge in [-0.3, -0.25) is 23.8 Å². The minimum absolute atomic E-state index is 0.0125. The van der Waals surface area contributed by atoms with Crippen molar-refractivity contribution in [2.45, 2.75) is 73.5 Å². The van der Waals surface area contributed by atoms with Gasteiger partial charge in [0.15, 0.2) is 17.1 Å². The zero-order chi connectivity index (χ0) is 40.4. The summed E-state index contributed by atoms with van der Waals surface area (Å²) in [6.45, 7) is -0.738. The van der Waals surface area contributed by atoms with Gasteiger partial charge in [-0.15, -0.1) is 23.1 Å². The number of aliphatic hydroxyl groups excluding tert-OH is 5. The number of hydrogen-bond donors (Lipinski definition) is 9. The normalized spacial score (nSPS) is 31.7. The lowest BCUT2D eigenvalue weighted by Crippen LogP contribution is -2.71. The molecule has 1 aromatic rings. The van der Waals surface area contributed by atoms with Crippen LogP contribution in [0.25, 0.3) is 0 Å². The van der Waals surface area contributed by atoms with Gasteiger partial charge in [-0.1, -0.05) is 5.16 Å². The van der Waals surface area contributed by atoms with E-state index in [-0.39, 0.29) is 53.3 Å². The third-order valence-corrected chi connectivity index (χ3v) is 11.1. The molecule has 0 aliphatic carbocycles. The maximum Gasteiger partial charge on any atom is 0.397 e. The van der Waals surface area contributed by atoms with Crippen LogP contribution in [0.2, 0.25) is 0 Å². The summed E-state index contributed by atoms with van der Waals surface area (Å²) < 4.78 is 57.0. The van der Waals surface area contributed by atoms with Crippen molar-refractivity contribution in [1.29, 1.82) is 0 Å². The first-order valence-corrected chi connectivity index (χ1v) is 19.3. The van der Waals surface area contributed by atoms with Gasteiger partial charge in [-0.05, 0) is 0 Å². The molecule has 2 amide bonds. The summed E-state index contributed by atoms with van der Waals surface area (Å²) >= 11 is 2.13. The van der Waals surface area contributed by atoms with Crippen LogP contribution in [0.15, 0.2) is 21.8 Å². The highest BCUT2D eigenvalue weighted by Crippen LogP contribution is 2.40. The molecule has 3 saturated heterocycles. The lowest BCUT2D eigenvalue weighted by molar-refractivity contribution is -0.316. The van der Waals surface area contributed by atoms with Crippen LogP contribution < -0.4 is 10.6 Å². The lowest BCUT2D eigenvalue weighted by atomic mass is 9.99. The van der Waals surface area contributed by atoms with Crippen molar-refractivity contribution in [3.63, 3.8) is 0 Å². The molecule has 1 aromatic heterocycles. The summed E-state index contributed by atoms with van der Waals surface area (Å²) in [6, 6.07) is -1.14. The number of carboxylic acid groups (broad SMARTS) is 1. The second-order valence-electron chi connectivity index (χ2n) is 12.2. The van der Waals surface area contributed by atoms with Crippen LogP contribution >= 0.6 is 23.1 Å². The Morgan fingerprint density at radius 2 is 1.93 bits per heavy atom. The molecule has 4 aliphatic rings. The number of aliphatic carboxylic acids is 1. The SMILES string of the molecule is CO/N=C(\C(=O)N[C@@H]1C(=O)N2C(C(=O)O)=C(COC(C)=O)CS[C@H]12)c1csc(NCC(O)C2OCC(O)C2OC2OC(CO)C(OS(=O)(=O)O)C(O)C2O)n1. The molecule has 9 N–H and O–H groups in total. The molecule has 0 radical (unpaired) electrons. The molecule has 0 bridgehead atoms. The number of thiazole rings is 1. The fourth-order valence-electron chi connectivity index (χ4n) is 5.96. The van der Waals surface area contributed by atoms with Crippen LogP contribution in [0.3, 0.4) is 0 Å². The molecule has 0 spiro atoms. The number of aromatic nitrogens is 1. The number of β-lactam (4-membered cyclic amide) rings is 1. The summed E-state index contributed by atoms with van der Waals surface area (Å²) in [5.74, 6) is -3.53. The summed E-state index contributed by atoms with van der Waals surface area (Å²) in [5.41, 5.74) is -0.484. The van der Waals surface area contributed by atoms with Gasteiger partial charge in [0.1, 0.15) is 85.4 Å². The van der Waals surface area contributed by atoms with Crippen LogP contribution in [0.4, 0.5) is 5.13 Å². The van der Waals surface area contributed by atoms with Gasteiger partial charge < -0.3 is 65.1 Å². The van der Waals surface area contributed by atoms with E-state index in [1.54, 1.807) is 0 Å². The summed E-state index contributed by atoms with van der Waals surface area (Å²) in [7, 11) is -3.97. The topological polar surface area (TPSA) is 352 Å². The highest BCUT2D eigenvalue weighted by Gasteiger charge is 2.55. The number of carbonyl (C=O) groups is 4. The van der Waals surface area contributed by atoms with E-state index in [0.717, 1.165) is 34.9 Å². The van der Waals surface area contributed by atoms with E-state index >= 15 is 0 Å². The van der Waals surface area contributed by atoms with Crippen molar-refractivity contribution in [1.82, 2.24) is 15.2 Å². The molecule has 0 aromatic carbocycles. The minimum Gasteiger partial charge on any atom is -0.477 e. The summed E-state index contributed by atoms with van der Waals surface area (Å²) in [6.07, 6.45) is -14.9. The zero-order valence-electron chi connectivity index (χ0n) is 28.6. The van der Waals surface area contributed by atoms with Crippen molar-refractivity contribution >= 4 is 68.1 Å². The van der Waals surface area contributed by atoms with Crippen LogP contribution in [0.1, 0.15) is 12.6 Å². The Kier molecular flexibility index (Phi) is 13.7. The summed E-state index contributed by atoms with van der Waals surface area (Å²) in [4.78, 5) is 59.7. The van der Waals surface area contributed by atoms with Gasteiger partial charge in [-0.2, -0.15) is 8.42 Å². The van der Waals surface area contributed by atoms with Crippen LogP contribution in [0, 0.1) is 0 Å². The van der Waals surface area contributed by atoms with Gasteiger partial charge >= 0.3 is 22.3 Å². The molecule has 5 heterocycles. The van der Waals surface area contributed by atoms with Gasteiger partial charge in [0.25, 0.3) is 11.8 Å². The van der Waals surface area contributed by atoms with Crippen molar-refractivity contribution in [2.75, 3.05) is 44.5 Å². The quantitative estimate of drug-likeness (QED) is 0.0248. The first-order chi connectivity index (χ1) is 25.9. The molecule has 5 rings (SSSR count). The molecule has 306 valence electrons. The number of nitrogens with zero attached hydrogens (tertiary/aromatic N) is 3. The number of aliphatic hydroxyl groups is 5. The van der Waals surface area contributed by atoms with E-state index in [2.05, 4.69) is 25.0 Å². The van der Waals surface area contributed by atoms with Crippen molar-refractivity contribution in [3.8, 4) is 0 Å². The number of oxime groups is 1. The first-order valence-electron chi connectivity index (χ1n) is 16.0.